The predicted octanol–water partition coefficient (Wildman–Crippen LogP) is 0.491. The van der Waals surface area contributed by atoms with E-state index in [1.54, 1.807) is 0 Å². The number of hydrogen-bond donors (Lipinski definition) is 3. The summed E-state index contributed by atoms with van der Waals surface area (Å²) in [5.41, 5.74) is 0. The van der Waals surface area contributed by atoms with Gasteiger partial charge in [-0.3, -0.25) is 0 Å². The summed E-state index contributed by atoms with van der Waals surface area (Å²) in [6.45, 7) is 3.61. The molecule has 78 valence electrons. The van der Waals surface area contributed by atoms with E-state index in [2.05, 4.69) is 10.6 Å². The summed E-state index contributed by atoms with van der Waals surface area (Å²) < 4.78 is 0. The molecule has 3 N–H and O–H groups in total. The van der Waals surface area contributed by atoms with Gasteiger partial charge < -0.3 is 15.7 Å². The number of nitrogens with one attached hydrogen (secondary N) is 2. The Balaban J connectivity index is 1.63. The first-order valence-electron chi connectivity index (χ1n) is 5.48. The summed E-state index contributed by atoms with van der Waals surface area (Å²) in [6.07, 6.45) is 6.01. The largest absolute Gasteiger partial charge is 0.396 e. The zero-order valence-corrected chi connectivity index (χ0v) is 8.39. The maximum atomic E-state index is 8.54. The average Bonchev–Trinajstić information content (AvgIpc) is 2.93. The molecular formula is C10H22N2O. The topological polar surface area (TPSA) is 44.3 Å². The number of aliphatic hydroxyl groups excluding tert-OH is 1. The minimum Gasteiger partial charge on any atom is -0.396 e. The van der Waals surface area contributed by atoms with Crippen molar-refractivity contribution in [2.75, 3.05) is 26.2 Å². The second-order valence-corrected chi connectivity index (χ2v) is 3.76. The molecule has 1 aliphatic rings. The standard InChI is InChI=1S/C10H22N2O/c13-9-3-1-2-6-11-7-8-12-10-4-5-10/h10-13H,1-9H2. The van der Waals surface area contributed by atoms with Crippen LogP contribution in [0.5, 0.6) is 0 Å². The van der Waals surface area contributed by atoms with E-state index in [4.69, 9.17) is 5.11 Å². The highest BCUT2D eigenvalue weighted by molar-refractivity contribution is 4.80. The van der Waals surface area contributed by atoms with Crippen LogP contribution in [0.25, 0.3) is 0 Å². The van der Waals surface area contributed by atoms with Gasteiger partial charge in [0.25, 0.3) is 0 Å². The third kappa shape index (κ3) is 6.99. The molecule has 0 heterocycles. The first kappa shape index (κ1) is 11.0. The van der Waals surface area contributed by atoms with Crippen LogP contribution in [0.2, 0.25) is 0 Å². The molecule has 0 radical (unpaired) electrons. The van der Waals surface area contributed by atoms with Crippen molar-refractivity contribution in [1.29, 1.82) is 0 Å². The summed E-state index contributed by atoms with van der Waals surface area (Å²) in [4.78, 5) is 0. The molecule has 3 heteroatoms. The van der Waals surface area contributed by atoms with Gasteiger partial charge in [0.15, 0.2) is 0 Å². The molecule has 0 aliphatic heterocycles. The van der Waals surface area contributed by atoms with Crippen LogP contribution in [0.15, 0.2) is 0 Å². The van der Waals surface area contributed by atoms with Crippen LogP contribution in [-0.2, 0) is 0 Å². The summed E-state index contributed by atoms with van der Waals surface area (Å²) in [5.74, 6) is 0. The molecule has 13 heavy (non-hydrogen) atoms. The quantitative estimate of drug-likeness (QED) is 0.459. The highest BCUT2D eigenvalue weighted by Crippen LogP contribution is 2.17. The van der Waals surface area contributed by atoms with Gasteiger partial charge in [-0.2, -0.15) is 0 Å². The van der Waals surface area contributed by atoms with Gasteiger partial charge in [-0.25, -0.2) is 0 Å². The number of aliphatic hydroxyl groups is 1. The zero-order valence-electron chi connectivity index (χ0n) is 8.39. The molecule has 3 nitrogen and oxygen atoms in total. The predicted molar refractivity (Wildman–Crippen MR) is 54.8 cm³/mol. The van der Waals surface area contributed by atoms with Gasteiger partial charge >= 0.3 is 0 Å². The van der Waals surface area contributed by atoms with Gasteiger partial charge in [0.2, 0.25) is 0 Å². The molecule has 0 aromatic heterocycles. The lowest BCUT2D eigenvalue weighted by Crippen LogP contribution is -2.29. The molecule has 0 bridgehead atoms. The van der Waals surface area contributed by atoms with E-state index in [1.165, 1.54) is 19.3 Å². The Morgan fingerprint density at radius 1 is 1.00 bits per heavy atom. The van der Waals surface area contributed by atoms with Crippen molar-refractivity contribution in [3.8, 4) is 0 Å². The molecular weight excluding hydrogens is 164 g/mol. The van der Waals surface area contributed by atoms with Crippen molar-refractivity contribution in [1.82, 2.24) is 10.6 Å². The third-order valence-corrected chi connectivity index (χ3v) is 2.32. The van der Waals surface area contributed by atoms with Crippen LogP contribution in [0.4, 0.5) is 0 Å². The Morgan fingerprint density at radius 3 is 2.54 bits per heavy atom. The van der Waals surface area contributed by atoms with E-state index in [0.29, 0.717) is 6.61 Å². The van der Waals surface area contributed by atoms with E-state index in [0.717, 1.165) is 38.5 Å². The number of rotatable bonds is 9. The Hall–Kier alpha value is -0.120. The van der Waals surface area contributed by atoms with Gasteiger partial charge in [0.1, 0.15) is 0 Å². The first-order valence-corrected chi connectivity index (χ1v) is 5.48. The van der Waals surface area contributed by atoms with E-state index in [1.807, 2.05) is 0 Å². The molecule has 0 unspecified atom stereocenters. The van der Waals surface area contributed by atoms with Gasteiger partial charge in [-0.15, -0.1) is 0 Å². The molecule has 0 aromatic carbocycles. The third-order valence-electron chi connectivity index (χ3n) is 2.32. The second kappa shape index (κ2) is 7.30. The monoisotopic (exact) mass is 186 g/mol. The molecule has 1 rings (SSSR count). The molecule has 0 spiro atoms. The maximum Gasteiger partial charge on any atom is 0.0431 e. The lowest BCUT2D eigenvalue weighted by molar-refractivity contribution is 0.283. The van der Waals surface area contributed by atoms with Crippen molar-refractivity contribution < 1.29 is 5.11 Å². The molecule has 1 aliphatic carbocycles. The van der Waals surface area contributed by atoms with Crippen LogP contribution < -0.4 is 10.6 Å². The van der Waals surface area contributed by atoms with Gasteiger partial charge in [-0.1, -0.05) is 0 Å². The number of unbranched alkanes of at least 4 members (excludes halogenated alkanes) is 2. The van der Waals surface area contributed by atoms with Crippen LogP contribution in [0, 0.1) is 0 Å². The lowest BCUT2D eigenvalue weighted by Gasteiger charge is -2.04. The van der Waals surface area contributed by atoms with Crippen molar-refractivity contribution in [3.63, 3.8) is 0 Å². The van der Waals surface area contributed by atoms with Gasteiger partial charge in [-0.05, 0) is 38.6 Å². The van der Waals surface area contributed by atoms with E-state index in [9.17, 15) is 0 Å². The summed E-state index contributed by atoms with van der Waals surface area (Å²) >= 11 is 0. The smallest absolute Gasteiger partial charge is 0.0431 e. The lowest BCUT2D eigenvalue weighted by atomic mass is 10.2. The fourth-order valence-corrected chi connectivity index (χ4v) is 1.32. The average molecular weight is 186 g/mol. The Labute approximate surface area is 80.9 Å². The minimum absolute atomic E-state index is 0.337. The molecule has 1 saturated carbocycles. The first-order chi connectivity index (χ1) is 6.43. The summed E-state index contributed by atoms with van der Waals surface area (Å²) in [7, 11) is 0. The van der Waals surface area contributed by atoms with Crippen LogP contribution in [0.1, 0.15) is 32.1 Å². The number of hydrogen-bond acceptors (Lipinski definition) is 3. The van der Waals surface area contributed by atoms with E-state index >= 15 is 0 Å². The normalized spacial score (nSPS) is 16.4. The minimum atomic E-state index is 0.337. The van der Waals surface area contributed by atoms with Crippen LogP contribution in [-0.4, -0.2) is 37.4 Å². The SMILES string of the molecule is OCCCCCNCCNC1CC1. The highest BCUT2D eigenvalue weighted by atomic mass is 16.2. The maximum absolute atomic E-state index is 8.54. The Morgan fingerprint density at radius 2 is 1.85 bits per heavy atom. The van der Waals surface area contributed by atoms with Crippen LogP contribution >= 0.6 is 0 Å². The fourth-order valence-electron chi connectivity index (χ4n) is 1.32. The zero-order chi connectivity index (χ0) is 9.36. The van der Waals surface area contributed by atoms with Crippen molar-refractivity contribution in [2.24, 2.45) is 0 Å². The summed E-state index contributed by atoms with van der Waals surface area (Å²) in [5, 5.41) is 15.4. The van der Waals surface area contributed by atoms with E-state index < -0.39 is 0 Å². The molecule has 0 amide bonds. The highest BCUT2D eigenvalue weighted by Gasteiger charge is 2.19. The molecule has 1 fully saturated rings. The summed E-state index contributed by atoms with van der Waals surface area (Å²) in [6, 6.07) is 0.830. The van der Waals surface area contributed by atoms with Crippen molar-refractivity contribution in [2.45, 2.75) is 38.1 Å². The van der Waals surface area contributed by atoms with Crippen LogP contribution in [0.3, 0.4) is 0 Å². The second-order valence-electron chi connectivity index (χ2n) is 3.76. The van der Waals surface area contributed by atoms with Gasteiger partial charge in [0, 0.05) is 25.7 Å². The fraction of sp³-hybridized carbons (Fsp3) is 1.00. The molecule has 0 saturated heterocycles. The van der Waals surface area contributed by atoms with E-state index in [-0.39, 0.29) is 0 Å². The Bertz CT molecular complexity index is 115. The Kier molecular flexibility index (Phi) is 6.15. The van der Waals surface area contributed by atoms with Gasteiger partial charge in [0.05, 0.1) is 0 Å². The van der Waals surface area contributed by atoms with Crippen molar-refractivity contribution >= 4 is 0 Å². The van der Waals surface area contributed by atoms with Crippen molar-refractivity contribution in [3.05, 3.63) is 0 Å². The molecule has 0 aromatic rings. The molecule has 0 atom stereocenters.